The lowest BCUT2D eigenvalue weighted by molar-refractivity contribution is 0.690. The lowest BCUT2D eigenvalue weighted by Crippen LogP contribution is -2.21. The molecule has 0 aromatic rings. The highest BCUT2D eigenvalue weighted by molar-refractivity contribution is 7.96. The predicted octanol–water partition coefficient (Wildman–Crippen LogP) is 2.68. The number of unbranched alkanes of at least 4 members (excludes halogenated alkanes) is 1. The summed E-state index contributed by atoms with van der Waals surface area (Å²) in [5.41, 5.74) is 1.31. The van der Waals surface area contributed by atoms with Gasteiger partial charge in [-0.3, -0.25) is 4.99 Å². The molecule has 0 spiro atoms. The number of rotatable bonds is 4. The summed E-state index contributed by atoms with van der Waals surface area (Å²) in [5.74, 6) is 0. The number of hydrogen-bond donors (Lipinski definition) is 0. The van der Waals surface area contributed by atoms with Crippen molar-refractivity contribution in [1.29, 1.82) is 0 Å². The van der Waals surface area contributed by atoms with Crippen molar-refractivity contribution in [3.05, 3.63) is 12.4 Å². The molecule has 0 fully saturated rings. The van der Waals surface area contributed by atoms with Gasteiger partial charge in [-0.15, -0.1) is 0 Å². The van der Waals surface area contributed by atoms with Gasteiger partial charge in [-0.25, -0.2) is 0 Å². The predicted molar refractivity (Wildman–Crippen MR) is 56.3 cm³/mol. The first-order valence-corrected chi connectivity index (χ1v) is 5.58. The maximum absolute atomic E-state index is 4.35. The molecule has 1 aliphatic heterocycles. The molecule has 0 saturated carbocycles. The first-order chi connectivity index (χ1) is 5.86. The molecule has 0 atom stereocenters. The van der Waals surface area contributed by atoms with E-state index in [0.29, 0.717) is 0 Å². The third kappa shape index (κ3) is 2.89. The molecule has 1 rings (SSSR count). The molecule has 1 heterocycles. The summed E-state index contributed by atoms with van der Waals surface area (Å²) in [6.45, 7) is 3.21. The van der Waals surface area contributed by atoms with Gasteiger partial charge < -0.3 is 4.31 Å². The highest BCUT2D eigenvalue weighted by Gasteiger charge is 2.06. The van der Waals surface area contributed by atoms with Crippen LogP contribution in [0.25, 0.3) is 0 Å². The molecule has 0 aromatic carbocycles. The van der Waals surface area contributed by atoms with Crippen LogP contribution < -0.4 is 0 Å². The van der Waals surface area contributed by atoms with E-state index in [9.17, 15) is 0 Å². The summed E-state index contributed by atoms with van der Waals surface area (Å²) in [7, 11) is 0. The van der Waals surface area contributed by atoms with Crippen LogP contribution in [0.3, 0.4) is 0 Å². The van der Waals surface area contributed by atoms with Crippen molar-refractivity contribution in [2.45, 2.75) is 26.2 Å². The SMILES string of the molecule is CCCCC1=NC=CN(SC)C1. The average molecular weight is 184 g/mol. The first-order valence-electron chi connectivity index (χ1n) is 4.39. The minimum Gasteiger partial charge on any atom is -0.316 e. The van der Waals surface area contributed by atoms with Gasteiger partial charge in [-0.1, -0.05) is 25.3 Å². The number of aliphatic imine (C=N–C) groups is 1. The summed E-state index contributed by atoms with van der Waals surface area (Å²) >= 11 is 1.75. The number of hydrogen-bond acceptors (Lipinski definition) is 3. The van der Waals surface area contributed by atoms with E-state index in [2.05, 4.69) is 22.5 Å². The van der Waals surface area contributed by atoms with Crippen molar-refractivity contribution in [2.75, 3.05) is 12.8 Å². The Morgan fingerprint density at radius 1 is 1.67 bits per heavy atom. The Morgan fingerprint density at radius 2 is 2.50 bits per heavy atom. The van der Waals surface area contributed by atoms with Gasteiger partial charge in [0.25, 0.3) is 0 Å². The maximum Gasteiger partial charge on any atom is 0.0673 e. The summed E-state index contributed by atoms with van der Waals surface area (Å²) < 4.78 is 2.21. The van der Waals surface area contributed by atoms with Crippen LogP contribution in [0.1, 0.15) is 26.2 Å². The van der Waals surface area contributed by atoms with Crippen molar-refractivity contribution in [3.8, 4) is 0 Å². The Kier molecular flexibility index (Phi) is 4.22. The van der Waals surface area contributed by atoms with Gasteiger partial charge in [0.1, 0.15) is 0 Å². The minimum absolute atomic E-state index is 0.998. The van der Waals surface area contributed by atoms with Gasteiger partial charge in [0, 0.05) is 24.4 Å². The number of nitrogens with zero attached hydrogens (tertiary/aromatic N) is 2. The molecule has 12 heavy (non-hydrogen) atoms. The molecule has 0 saturated heterocycles. The van der Waals surface area contributed by atoms with Crippen LogP contribution >= 0.6 is 11.9 Å². The van der Waals surface area contributed by atoms with Gasteiger partial charge in [0.05, 0.1) is 6.54 Å². The van der Waals surface area contributed by atoms with Crippen molar-refractivity contribution in [1.82, 2.24) is 4.31 Å². The van der Waals surface area contributed by atoms with Crippen LogP contribution in [0.4, 0.5) is 0 Å². The first kappa shape index (κ1) is 9.65. The Balaban J connectivity index is 2.35. The van der Waals surface area contributed by atoms with E-state index >= 15 is 0 Å². The van der Waals surface area contributed by atoms with Gasteiger partial charge >= 0.3 is 0 Å². The van der Waals surface area contributed by atoms with E-state index in [0.717, 1.165) is 13.0 Å². The molecule has 0 radical (unpaired) electrons. The Labute approximate surface area is 78.9 Å². The second kappa shape index (κ2) is 5.25. The minimum atomic E-state index is 0.998. The normalized spacial score (nSPS) is 16.5. The largest absolute Gasteiger partial charge is 0.316 e. The average Bonchev–Trinajstić information content (AvgIpc) is 2.15. The third-order valence-corrected chi connectivity index (χ3v) is 2.60. The summed E-state index contributed by atoms with van der Waals surface area (Å²) in [6.07, 6.45) is 9.67. The van der Waals surface area contributed by atoms with Crippen molar-refractivity contribution in [2.24, 2.45) is 4.99 Å². The highest BCUT2D eigenvalue weighted by atomic mass is 32.2. The van der Waals surface area contributed by atoms with Crippen LogP contribution in [0, 0.1) is 0 Å². The monoisotopic (exact) mass is 184 g/mol. The molecule has 68 valence electrons. The van der Waals surface area contributed by atoms with Crippen LogP contribution in [-0.2, 0) is 0 Å². The van der Waals surface area contributed by atoms with E-state index in [1.807, 2.05) is 12.4 Å². The van der Waals surface area contributed by atoms with Crippen LogP contribution in [0.15, 0.2) is 17.4 Å². The van der Waals surface area contributed by atoms with Crippen LogP contribution in [-0.4, -0.2) is 22.8 Å². The fourth-order valence-electron chi connectivity index (χ4n) is 1.14. The van der Waals surface area contributed by atoms with E-state index in [1.165, 1.54) is 18.6 Å². The van der Waals surface area contributed by atoms with Crippen molar-refractivity contribution >= 4 is 17.7 Å². The van der Waals surface area contributed by atoms with Crippen LogP contribution in [0.2, 0.25) is 0 Å². The molecule has 3 heteroatoms. The van der Waals surface area contributed by atoms with Crippen molar-refractivity contribution < 1.29 is 0 Å². The van der Waals surface area contributed by atoms with E-state index < -0.39 is 0 Å². The molecular weight excluding hydrogens is 168 g/mol. The lowest BCUT2D eigenvalue weighted by atomic mass is 10.1. The standard InChI is InChI=1S/C9H16N2S/c1-3-4-5-9-8-11(12-2)7-6-10-9/h6-7H,3-5,8H2,1-2H3. The molecule has 0 aliphatic carbocycles. The third-order valence-electron chi connectivity index (χ3n) is 1.88. The fraction of sp³-hybridized carbons (Fsp3) is 0.667. The summed E-state index contributed by atoms with van der Waals surface area (Å²) in [4.78, 5) is 4.35. The maximum atomic E-state index is 4.35. The molecule has 2 nitrogen and oxygen atoms in total. The Morgan fingerprint density at radius 3 is 3.17 bits per heavy atom. The molecule has 0 N–H and O–H groups in total. The molecule has 0 bridgehead atoms. The zero-order valence-electron chi connectivity index (χ0n) is 7.79. The Bertz CT molecular complexity index is 187. The zero-order valence-corrected chi connectivity index (χ0v) is 8.60. The van der Waals surface area contributed by atoms with Gasteiger partial charge in [-0.05, 0) is 12.8 Å². The van der Waals surface area contributed by atoms with E-state index in [4.69, 9.17) is 0 Å². The van der Waals surface area contributed by atoms with Gasteiger partial charge in [0.2, 0.25) is 0 Å². The highest BCUT2D eigenvalue weighted by Crippen LogP contribution is 2.12. The zero-order chi connectivity index (χ0) is 8.81. The molecule has 0 unspecified atom stereocenters. The topological polar surface area (TPSA) is 15.6 Å². The summed E-state index contributed by atoms with van der Waals surface area (Å²) in [6, 6.07) is 0. The quantitative estimate of drug-likeness (QED) is 0.624. The Hall–Kier alpha value is -0.440. The fourth-order valence-corrected chi connectivity index (χ4v) is 1.59. The molecule has 0 amide bonds. The van der Waals surface area contributed by atoms with E-state index in [-0.39, 0.29) is 0 Å². The van der Waals surface area contributed by atoms with Gasteiger partial charge in [-0.2, -0.15) is 0 Å². The molecule has 0 aromatic heterocycles. The lowest BCUT2D eigenvalue weighted by Gasteiger charge is -2.20. The van der Waals surface area contributed by atoms with Crippen molar-refractivity contribution in [3.63, 3.8) is 0 Å². The molecule has 1 aliphatic rings. The van der Waals surface area contributed by atoms with E-state index in [1.54, 1.807) is 11.9 Å². The van der Waals surface area contributed by atoms with Crippen LogP contribution in [0.5, 0.6) is 0 Å². The smallest absolute Gasteiger partial charge is 0.0673 e. The second-order valence-corrected chi connectivity index (χ2v) is 3.69. The van der Waals surface area contributed by atoms with Gasteiger partial charge in [0.15, 0.2) is 0 Å². The second-order valence-electron chi connectivity index (χ2n) is 2.85. The molecular formula is C9H16N2S. The summed E-state index contributed by atoms with van der Waals surface area (Å²) in [5, 5.41) is 0.